The van der Waals surface area contributed by atoms with Crippen molar-refractivity contribution in [2.75, 3.05) is 14.2 Å². The first-order valence-corrected chi connectivity index (χ1v) is 8.05. The first kappa shape index (κ1) is 16.9. The highest BCUT2D eigenvalue weighted by Gasteiger charge is 2.43. The predicted octanol–water partition coefficient (Wildman–Crippen LogP) is 3.01. The summed E-state index contributed by atoms with van der Waals surface area (Å²) in [5.41, 5.74) is -0.492. The van der Waals surface area contributed by atoms with Crippen LogP contribution in [0.1, 0.15) is 52.9 Å². The minimum Gasteiger partial charge on any atom is -0.453 e. The van der Waals surface area contributed by atoms with E-state index in [4.69, 9.17) is 9.47 Å². The van der Waals surface area contributed by atoms with Crippen LogP contribution < -0.4 is 0 Å². The van der Waals surface area contributed by atoms with Gasteiger partial charge in [-0.05, 0) is 52.9 Å². The van der Waals surface area contributed by atoms with Crippen molar-refractivity contribution in [1.82, 2.24) is 9.80 Å². The van der Waals surface area contributed by atoms with Gasteiger partial charge in [-0.15, -0.1) is 0 Å². The predicted molar refractivity (Wildman–Crippen MR) is 82.7 cm³/mol. The molecule has 2 aliphatic heterocycles. The van der Waals surface area contributed by atoms with Gasteiger partial charge in [-0.25, -0.2) is 9.59 Å². The summed E-state index contributed by atoms with van der Waals surface area (Å²) in [6, 6.07) is 0.440. The Morgan fingerprint density at radius 1 is 1.14 bits per heavy atom. The summed E-state index contributed by atoms with van der Waals surface area (Å²) in [5, 5.41) is 0. The molecule has 6 nitrogen and oxygen atoms in total. The van der Waals surface area contributed by atoms with Gasteiger partial charge in [0.2, 0.25) is 0 Å². The molecule has 2 bridgehead atoms. The van der Waals surface area contributed by atoms with Crippen molar-refractivity contribution < 1.29 is 19.1 Å². The Morgan fingerprint density at radius 2 is 1.68 bits per heavy atom. The summed E-state index contributed by atoms with van der Waals surface area (Å²) in [4.78, 5) is 27.8. The molecule has 2 saturated heterocycles. The van der Waals surface area contributed by atoms with Crippen LogP contribution in [0.3, 0.4) is 0 Å². The fourth-order valence-electron chi connectivity index (χ4n) is 3.56. The lowest BCUT2D eigenvalue weighted by molar-refractivity contribution is -0.0144. The van der Waals surface area contributed by atoms with E-state index in [0.717, 1.165) is 32.1 Å². The van der Waals surface area contributed by atoms with Crippen LogP contribution in [0.15, 0.2) is 0 Å². The molecule has 0 spiro atoms. The van der Waals surface area contributed by atoms with E-state index in [1.165, 1.54) is 7.11 Å². The normalized spacial score (nSPS) is 28.0. The third-order valence-corrected chi connectivity index (χ3v) is 4.56. The van der Waals surface area contributed by atoms with Crippen LogP contribution in [-0.4, -0.2) is 59.9 Å². The van der Waals surface area contributed by atoms with Gasteiger partial charge in [-0.1, -0.05) is 0 Å². The smallest absolute Gasteiger partial charge is 0.410 e. The number of hydrogen-bond acceptors (Lipinski definition) is 4. The molecular weight excluding hydrogens is 284 g/mol. The fraction of sp³-hybridized carbons (Fsp3) is 0.875. The summed E-state index contributed by atoms with van der Waals surface area (Å²) >= 11 is 0. The Morgan fingerprint density at radius 3 is 2.14 bits per heavy atom. The maximum Gasteiger partial charge on any atom is 0.410 e. The molecule has 0 aromatic rings. The van der Waals surface area contributed by atoms with E-state index in [0.29, 0.717) is 0 Å². The van der Waals surface area contributed by atoms with Crippen LogP contribution in [0.25, 0.3) is 0 Å². The molecule has 0 radical (unpaired) electrons. The van der Waals surface area contributed by atoms with E-state index < -0.39 is 5.60 Å². The minimum atomic E-state index is -0.492. The Kier molecular flexibility index (Phi) is 4.87. The van der Waals surface area contributed by atoms with Crippen molar-refractivity contribution in [3.8, 4) is 0 Å². The molecule has 2 amide bonds. The lowest BCUT2D eigenvalue weighted by atomic mass is 9.81. The number of carbonyl (C=O) groups is 2. The van der Waals surface area contributed by atoms with Crippen molar-refractivity contribution in [2.24, 2.45) is 0 Å². The largest absolute Gasteiger partial charge is 0.453 e. The maximum absolute atomic E-state index is 12.2. The van der Waals surface area contributed by atoms with E-state index in [1.54, 1.807) is 11.9 Å². The van der Waals surface area contributed by atoms with Gasteiger partial charge in [0.1, 0.15) is 5.60 Å². The second-order valence-corrected chi connectivity index (χ2v) is 7.33. The van der Waals surface area contributed by atoms with E-state index in [2.05, 4.69) is 0 Å². The number of hydrogen-bond donors (Lipinski definition) is 0. The standard InChI is InChI=1S/C16H28N2O4/c1-16(2,3)22-14(19)17(4)13-9-11-7-6-8-12(10-13)18(11)15(20)21-5/h11-13H,6-10H2,1-5H3/t11-,12+,13?. The van der Waals surface area contributed by atoms with Gasteiger partial charge in [0, 0.05) is 25.2 Å². The second-order valence-electron chi connectivity index (χ2n) is 7.33. The number of piperidine rings is 2. The number of ether oxygens (including phenoxy) is 2. The van der Waals surface area contributed by atoms with Gasteiger partial charge in [-0.2, -0.15) is 0 Å². The first-order valence-electron chi connectivity index (χ1n) is 8.05. The molecule has 0 aromatic carbocycles. The zero-order valence-corrected chi connectivity index (χ0v) is 14.3. The van der Waals surface area contributed by atoms with E-state index >= 15 is 0 Å². The lowest BCUT2D eigenvalue weighted by Gasteiger charge is -2.49. The summed E-state index contributed by atoms with van der Waals surface area (Å²) in [6.45, 7) is 5.61. The molecule has 2 heterocycles. The molecule has 3 atom stereocenters. The van der Waals surface area contributed by atoms with Crippen LogP contribution in [0.4, 0.5) is 9.59 Å². The molecular formula is C16H28N2O4. The van der Waals surface area contributed by atoms with Crippen LogP contribution in [0, 0.1) is 0 Å². The Hall–Kier alpha value is -1.46. The summed E-state index contributed by atoms with van der Waals surface area (Å²) in [5.74, 6) is 0. The molecule has 0 aromatic heterocycles. The number of fused-ring (bicyclic) bond motifs is 2. The van der Waals surface area contributed by atoms with E-state index in [1.807, 2.05) is 25.7 Å². The lowest BCUT2D eigenvalue weighted by Crippen LogP contribution is -2.59. The fourth-order valence-corrected chi connectivity index (χ4v) is 3.56. The number of amides is 2. The molecule has 126 valence electrons. The zero-order chi connectivity index (χ0) is 16.5. The molecule has 1 unspecified atom stereocenters. The molecule has 22 heavy (non-hydrogen) atoms. The summed E-state index contributed by atoms with van der Waals surface area (Å²) in [6.07, 6.45) is 4.14. The van der Waals surface area contributed by atoms with Crippen LogP contribution in [0.5, 0.6) is 0 Å². The number of nitrogens with zero attached hydrogens (tertiary/aromatic N) is 2. The second kappa shape index (κ2) is 6.34. The highest BCUT2D eigenvalue weighted by molar-refractivity contribution is 5.70. The third-order valence-electron chi connectivity index (χ3n) is 4.56. The van der Waals surface area contributed by atoms with Gasteiger partial charge in [0.25, 0.3) is 0 Å². The monoisotopic (exact) mass is 312 g/mol. The molecule has 2 rings (SSSR count). The minimum absolute atomic E-state index is 0.117. The van der Waals surface area contributed by atoms with Crippen molar-refractivity contribution in [2.45, 2.75) is 76.6 Å². The van der Waals surface area contributed by atoms with Crippen molar-refractivity contribution in [3.63, 3.8) is 0 Å². The van der Waals surface area contributed by atoms with Crippen LogP contribution >= 0.6 is 0 Å². The Labute approximate surface area is 132 Å². The Balaban J connectivity index is 2.04. The quantitative estimate of drug-likeness (QED) is 0.747. The zero-order valence-electron chi connectivity index (χ0n) is 14.3. The highest BCUT2D eigenvalue weighted by Crippen LogP contribution is 2.36. The molecule has 2 aliphatic rings. The van der Waals surface area contributed by atoms with Crippen LogP contribution in [-0.2, 0) is 9.47 Å². The Bertz CT molecular complexity index is 418. The van der Waals surface area contributed by atoms with Gasteiger partial charge < -0.3 is 19.3 Å². The maximum atomic E-state index is 12.2. The van der Waals surface area contributed by atoms with Crippen molar-refractivity contribution >= 4 is 12.2 Å². The van der Waals surface area contributed by atoms with Gasteiger partial charge in [0.05, 0.1) is 7.11 Å². The average molecular weight is 312 g/mol. The SMILES string of the molecule is COC(=O)N1[C@@H]2CCC[C@H]1CC(N(C)C(=O)OC(C)(C)C)C2. The number of methoxy groups -OCH3 is 1. The van der Waals surface area contributed by atoms with E-state index in [-0.39, 0.29) is 30.3 Å². The molecule has 6 heteroatoms. The van der Waals surface area contributed by atoms with Crippen molar-refractivity contribution in [3.05, 3.63) is 0 Å². The summed E-state index contributed by atoms with van der Waals surface area (Å²) in [7, 11) is 3.22. The van der Waals surface area contributed by atoms with Gasteiger partial charge in [-0.3, -0.25) is 0 Å². The molecule has 0 N–H and O–H groups in total. The molecule has 2 fully saturated rings. The molecule has 0 saturated carbocycles. The average Bonchev–Trinajstić information content (AvgIpc) is 2.42. The van der Waals surface area contributed by atoms with Crippen molar-refractivity contribution in [1.29, 1.82) is 0 Å². The van der Waals surface area contributed by atoms with Gasteiger partial charge in [0.15, 0.2) is 0 Å². The third kappa shape index (κ3) is 3.65. The van der Waals surface area contributed by atoms with E-state index in [9.17, 15) is 9.59 Å². The van der Waals surface area contributed by atoms with Gasteiger partial charge >= 0.3 is 12.2 Å². The first-order chi connectivity index (χ1) is 10.2. The summed E-state index contributed by atoms with van der Waals surface area (Å²) < 4.78 is 10.4. The topological polar surface area (TPSA) is 59.1 Å². The molecule has 0 aliphatic carbocycles. The highest BCUT2D eigenvalue weighted by atomic mass is 16.6. The number of rotatable bonds is 1. The number of carbonyl (C=O) groups excluding carboxylic acids is 2. The van der Waals surface area contributed by atoms with Crippen LogP contribution in [0.2, 0.25) is 0 Å².